The van der Waals surface area contributed by atoms with Gasteiger partial charge in [-0.1, -0.05) is 29.8 Å². The van der Waals surface area contributed by atoms with Gasteiger partial charge in [-0.15, -0.1) is 0 Å². The third-order valence-corrected chi connectivity index (χ3v) is 3.27. The first-order valence-electron chi connectivity index (χ1n) is 5.80. The van der Waals surface area contributed by atoms with Crippen LogP contribution in [0.15, 0.2) is 42.5 Å². The fourth-order valence-electron chi connectivity index (χ4n) is 2.12. The molecule has 0 saturated heterocycles. The van der Waals surface area contributed by atoms with Gasteiger partial charge in [0.15, 0.2) is 0 Å². The van der Waals surface area contributed by atoms with E-state index >= 15 is 0 Å². The lowest BCUT2D eigenvalue weighted by atomic mass is 9.95. The van der Waals surface area contributed by atoms with Gasteiger partial charge in [-0.25, -0.2) is 4.39 Å². The molecule has 0 aliphatic heterocycles. The second-order valence-corrected chi connectivity index (χ2v) is 4.71. The van der Waals surface area contributed by atoms with Crippen molar-refractivity contribution in [2.24, 2.45) is 0 Å². The van der Waals surface area contributed by atoms with Gasteiger partial charge in [0.25, 0.3) is 0 Å². The molecule has 2 aromatic carbocycles. The molecule has 0 heterocycles. The quantitative estimate of drug-likeness (QED) is 0.879. The smallest absolute Gasteiger partial charge is 0.123 e. The van der Waals surface area contributed by atoms with Gasteiger partial charge in [0.05, 0.1) is 6.04 Å². The van der Waals surface area contributed by atoms with Crippen LogP contribution in [0.3, 0.4) is 0 Å². The molecular weight excluding hydrogens is 249 g/mol. The number of hydrogen-bond donors (Lipinski definition) is 1. The van der Waals surface area contributed by atoms with Crippen LogP contribution in [0.4, 0.5) is 4.39 Å². The number of halogens is 2. The minimum atomic E-state index is -0.221. The molecule has 0 amide bonds. The van der Waals surface area contributed by atoms with E-state index in [9.17, 15) is 4.39 Å². The Bertz CT molecular complexity index is 537. The first-order chi connectivity index (χ1) is 8.61. The van der Waals surface area contributed by atoms with Gasteiger partial charge in [0, 0.05) is 5.02 Å². The largest absolute Gasteiger partial charge is 0.309 e. The Hall–Kier alpha value is -1.38. The maximum atomic E-state index is 13.0. The van der Waals surface area contributed by atoms with Crippen LogP contribution in [-0.2, 0) is 0 Å². The summed E-state index contributed by atoms with van der Waals surface area (Å²) in [7, 11) is 1.89. The SMILES string of the molecule is CNC(c1ccc(F)cc1)c1ccc(Cl)cc1C. The summed E-state index contributed by atoms with van der Waals surface area (Å²) in [6.07, 6.45) is 0. The molecule has 0 aliphatic rings. The number of hydrogen-bond acceptors (Lipinski definition) is 1. The van der Waals surface area contributed by atoms with E-state index in [1.54, 1.807) is 12.1 Å². The highest BCUT2D eigenvalue weighted by Crippen LogP contribution is 2.26. The van der Waals surface area contributed by atoms with E-state index in [1.165, 1.54) is 12.1 Å². The van der Waals surface area contributed by atoms with Crippen LogP contribution in [0.1, 0.15) is 22.7 Å². The number of benzene rings is 2. The van der Waals surface area contributed by atoms with Gasteiger partial charge in [0.2, 0.25) is 0 Å². The van der Waals surface area contributed by atoms with E-state index in [0.717, 1.165) is 21.7 Å². The minimum absolute atomic E-state index is 0.0443. The van der Waals surface area contributed by atoms with Crippen molar-refractivity contribution in [3.05, 3.63) is 70.0 Å². The van der Waals surface area contributed by atoms with Crippen LogP contribution in [0.2, 0.25) is 5.02 Å². The Kier molecular flexibility index (Phi) is 4.00. The first-order valence-corrected chi connectivity index (χ1v) is 6.18. The molecule has 0 saturated carbocycles. The summed E-state index contributed by atoms with van der Waals surface area (Å²) in [5.41, 5.74) is 3.30. The summed E-state index contributed by atoms with van der Waals surface area (Å²) in [6, 6.07) is 12.4. The van der Waals surface area contributed by atoms with Gasteiger partial charge in [-0.3, -0.25) is 0 Å². The van der Waals surface area contributed by atoms with Crippen LogP contribution in [-0.4, -0.2) is 7.05 Å². The van der Waals surface area contributed by atoms with Gasteiger partial charge in [-0.2, -0.15) is 0 Å². The van der Waals surface area contributed by atoms with Crippen molar-refractivity contribution in [2.45, 2.75) is 13.0 Å². The number of aryl methyl sites for hydroxylation is 1. The molecule has 0 bridgehead atoms. The molecule has 2 aromatic rings. The molecule has 0 aromatic heterocycles. The molecule has 18 heavy (non-hydrogen) atoms. The van der Waals surface area contributed by atoms with Crippen molar-refractivity contribution in [3.63, 3.8) is 0 Å². The molecule has 1 nitrogen and oxygen atoms in total. The van der Waals surface area contributed by atoms with E-state index in [-0.39, 0.29) is 11.9 Å². The molecule has 3 heteroatoms. The van der Waals surface area contributed by atoms with Crippen molar-refractivity contribution < 1.29 is 4.39 Å². The van der Waals surface area contributed by atoms with Gasteiger partial charge >= 0.3 is 0 Å². The highest BCUT2D eigenvalue weighted by atomic mass is 35.5. The first kappa shape index (κ1) is 13.1. The van der Waals surface area contributed by atoms with Crippen molar-refractivity contribution >= 4 is 11.6 Å². The predicted octanol–water partition coefficient (Wildman–Crippen LogP) is 4.10. The van der Waals surface area contributed by atoms with Crippen LogP contribution in [0.25, 0.3) is 0 Å². The average Bonchev–Trinajstić information content (AvgIpc) is 2.35. The Morgan fingerprint density at radius 3 is 2.33 bits per heavy atom. The molecule has 2 rings (SSSR count). The highest BCUT2D eigenvalue weighted by Gasteiger charge is 2.14. The maximum absolute atomic E-state index is 13.0. The maximum Gasteiger partial charge on any atom is 0.123 e. The van der Waals surface area contributed by atoms with Crippen molar-refractivity contribution in [1.29, 1.82) is 0 Å². The summed E-state index contributed by atoms with van der Waals surface area (Å²) >= 11 is 5.96. The third-order valence-electron chi connectivity index (χ3n) is 3.03. The summed E-state index contributed by atoms with van der Waals surface area (Å²) < 4.78 is 13.0. The van der Waals surface area contributed by atoms with Crippen LogP contribution < -0.4 is 5.32 Å². The van der Waals surface area contributed by atoms with E-state index in [2.05, 4.69) is 5.32 Å². The van der Waals surface area contributed by atoms with E-state index in [4.69, 9.17) is 11.6 Å². The lowest BCUT2D eigenvalue weighted by Crippen LogP contribution is -2.18. The molecule has 1 atom stereocenters. The summed E-state index contributed by atoms with van der Waals surface area (Å²) in [5, 5.41) is 3.98. The summed E-state index contributed by atoms with van der Waals surface area (Å²) in [5.74, 6) is -0.221. The van der Waals surface area contributed by atoms with Crippen molar-refractivity contribution in [1.82, 2.24) is 5.32 Å². The zero-order chi connectivity index (χ0) is 13.1. The molecule has 0 spiro atoms. The van der Waals surface area contributed by atoms with Crippen LogP contribution in [0, 0.1) is 12.7 Å². The normalized spacial score (nSPS) is 12.4. The van der Waals surface area contributed by atoms with Gasteiger partial charge in [0.1, 0.15) is 5.82 Å². The van der Waals surface area contributed by atoms with Crippen LogP contribution >= 0.6 is 11.6 Å². The second-order valence-electron chi connectivity index (χ2n) is 4.27. The average molecular weight is 264 g/mol. The third kappa shape index (κ3) is 2.71. The van der Waals surface area contributed by atoms with Crippen molar-refractivity contribution in [3.8, 4) is 0 Å². The highest BCUT2D eigenvalue weighted by molar-refractivity contribution is 6.30. The predicted molar refractivity (Wildman–Crippen MR) is 73.5 cm³/mol. The Morgan fingerprint density at radius 2 is 1.78 bits per heavy atom. The van der Waals surface area contributed by atoms with Gasteiger partial charge in [-0.05, 0) is 54.9 Å². The standard InChI is InChI=1S/C15H15ClFN/c1-10-9-12(16)5-8-14(10)15(18-2)11-3-6-13(17)7-4-11/h3-9,15,18H,1-2H3. The summed E-state index contributed by atoms with van der Waals surface area (Å²) in [4.78, 5) is 0. The monoisotopic (exact) mass is 263 g/mol. The lowest BCUT2D eigenvalue weighted by Gasteiger charge is -2.19. The van der Waals surface area contributed by atoms with Crippen LogP contribution in [0.5, 0.6) is 0 Å². The number of nitrogens with one attached hydrogen (secondary N) is 1. The zero-order valence-corrected chi connectivity index (χ0v) is 11.1. The molecular formula is C15H15ClFN. The Balaban J connectivity index is 2.41. The van der Waals surface area contributed by atoms with E-state index < -0.39 is 0 Å². The minimum Gasteiger partial charge on any atom is -0.309 e. The second kappa shape index (κ2) is 5.51. The fourth-order valence-corrected chi connectivity index (χ4v) is 2.35. The summed E-state index contributed by atoms with van der Waals surface area (Å²) in [6.45, 7) is 2.02. The number of rotatable bonds is 3. The Labute approximate surface area is 112 Å². The van der Waals surface area contributed by atoms with Gasteiger partial charge < -0.3 is 5.32 Å². The fraction of sp³-hybridized carbons (Fsp3) is 0.200. The molecule has 0 aliphatic carbocycles. The molecule has 0 fully saturated rings. The van der Waals surface area contributed by atoms with E-state index in [0.29, 0.717) is 0 Å². The molecule has 1 unspecified atom stereocenters. The van der Waals surface area contributed by atoms with E-state index in [1.807, 2.05) is 32.2 Å². The molecule has 0 radical (unpaired) electrons. The lowest BCUT2D eigenvalue weighted by molar-refractivity contribution is 0.623. The van der Waals surface area contributed by atoms with Crippen molar-refractivity contribution in [2.75, 3.05) is 7.05 Å². The topological polar surface area (TPSA) is 12.0 Å². The Morgan fingerprint density at radius 1 is 1.11 bits per heavy atom. The molecule has 94 valence electrons. The zero-order valence-electron chi connectivity index (χ0n) is 10.4. The molecule has 1 N–H and O–H groups in total.